The van der Waals surface area contributed by atoms with Gasteiger partial charge in [0.2, 0.25) is 0 Å². The second-order valence-electron chi connectivity index (χ2n) is 8.68. The Morgan fingerprint density at radius 3 is 2.19 bits per heavy atom. The number of oxime groups is 1. The van der Waals surface area contributed by atoms with Crippen molar-refractivity contribution < 1.29 is 14.7 Å². The molecule has 1 fully saturated rings. The van der Waals surface area contributed by atoms with Gasteiger partial charge in [-0.25, -0.2) is 4.98 Å². The molecule has 7 nitrogen and oxygen atoms in total. The van der Waals surface area contributed by atoms with E-state index in [9.17, 15) is 0 Å². The molecular weight excluding hydrogens is 492 g/mol. The van der Waals surface area contributed by atoms with Gasteiger partial charge in [-0.3, -0.25) is 4.90 Å². The van der Waals surface area contributed by atoms with Gasteiger partial charge in [-0.05, 0) is 74.7 Å². The number of amidine groups is 1. The first-order valence-corrected chi connectivity index (χ1v) is 14.3. The predicted molar refractivity (Wildman–Crippen MR) is 149 cm³/mol. The smallest absolute Gasteiger partial charge is 0.170 e. The van der Waals surface area contributed by atoms with E-state index in [4.69, 9.17) is 25.4 Å². The van der Waals surface area contributed by atoms with Gasteiger partial charge in [0.1, 0.15) is 11.5 Å². The number of hydrogen-bond donors (Lipinski definition) is 2. The minimum atomic E-state index is 0.0892. The van der Waals surface area contributed by atoms with E-state index in [0.29, 0.717) is 18.8 Å². The largest absolute Gasteiger partial charge is 0.494 e. The van der Waals surface area contributed by atoms with E-state index < -0.39 is 0 Å². The first kappa shape index (κ1) is 26.3. The molecule has 36 heavy (non-hydrogen) atoms. The summed E-state index contributed by atoms with van der Waals surface area (Å²) in [6.07, 6.45) is 2.94. The molecule has 0 unspecified atom stereocenters. The molecule has 1 aromatic heterocycles. The van der Waals surface area contributed by atoms with Gasteiger partial charge >= 0.3 is 0 Å². The van der Waals surface area contributed by atoms with E-state index in [1.54, 1.807) is 12.1 Å². The maximum Gasteiger partial charge on any atom is 0.170 e. The number of aryl methyl sites for hydroxylation is 1. The van der Waals surface area contributed by atoms with Crippen LogP contribution in [0, 0.1) is 6.92 Å². The molecule has 1 aliphatic rings. The van der Waals surface area contributed by atoms with E-state index in [-0.39, 0.29) is 5.84 Å². The molecule has 1 aliphatic heterocycles. The lowest BCUT2D eigenvalue weighted by Crippen LogP contribution is -2.31. The zero-order valence-corrected chi connectivity index (χ0v) is 22.3. The van der Waals surface area contributed by atoms with Crippen LogP contribution in [0.15, 0.2) is 53.7 Å². The highest BCUT2D eigenvalue weighted by molar-refractivity contribution is 7.99. The molecule has 0 bridgehead atoms. The summed E-state index contributed by atoms with van der Waals surface area (Å²) in [4.78, 5) is 8.72. The number of hydrogen-bond acceptors (Lipinski definition) is 8. The van der Waals surface area contributed by atoms with Crippen LogP contribution in [-0.4, -0.2) is 58.7 Å². The molecule has 2 heterocycles. The van der Waals surface area contributed by atoms with Crippen molar-refractivity contribution in [2.24, 2.45) is 10.9 Å². The highest BCUT2D eigenvalue weighted by Gasteiger charge is 2.17. The van der Waals surface area contributed by atoms with Crippen LogP contribution in [0.25, 0.3) is 11.3 Å². The highest BCUT2D eigenvalue weighted by Crippen LogP contribution is 2.31. The number of unbranched alkanes of at least 4 members (excludes halogenated alkanes) is 2. The van der Waals surface area contributed by atoms with Crippen molar-refractivity contribution >= 4 is 28.9 Å². The van der Waals surface area contributed by atoms with Crippen LogP contribution in [0.4, 0.5) is 0 Å². The summed E-state index contributed by atoms with van der Waals surface area (Å²) in [5.74, 6) is 4.19. The molecule has 4 rings (SSSR count). The van der Waals surface area contributed by atoms with Crippen molar-refractivity contribution in [3.63, 3.8) is 0 Å². The van der Waals surface area contributed by atoms with Gasteiger partial charge in [-0.1, -0.05) is 5.16 Å². The Morgan fingerprint density at radius 1 is 0.972 bits per heavy atom. The van der Waals surface area contributed by atoms with Crippen molar-refractivity contribution in [1.29, 1.82) is 0 Å². The summed E-state index contributed by atoms with van der Waals surface area (Å²) in [7, 11) is 0. The minimum Gasteiger partial charge on any atom is -0.494 e. The summed E-state index contributed by atoms with van der Waals surface area (Å²) < 4.78 is 11.7. The van der Waals surface area contributed by atoms with Gasteiger partial charge in [0.15, 0.2) is 5.84 Å². The zero-order valence-electron chi connectivity index (χ0n) is 20.7. The fourth-order valence-corrected chi connectivity index (χ4v) is 5.99. The van der Waals surface area contributed by atoms with Crippen LogP contribution in [0.3, 0.4) is 0 Å². The molecule has 3 N–H and O–H groups in total. The molecule has 0 aliphatic carbocycles. The number of thioether (sulfide) groups is 1. The second-order valence-corrected chi connectivity index (χ2v) is 11.2. The number of rotatable bonds is 12. The van der Waals surface area contributed by atoms with Crippen LogP contribution in [0.1, 0.15) is 34.7 Å². The summed E-state index contributed by atoms with van der Waals surface area (Å²) in [6.45, 7) is 6.72. The summed E-state index contributed by atoms with van der Waals surface area (Å²) in [6, 6.07) is 15.5. The maximum atomic E-state index is 8.71. The third kappa shape index (κ3) is 7.62. The Morgan fingerprint density at radius 2 is 1.58 bits per heavy atom. The number of benzene rings is 2. The van der Waals surface area contributed by atoms with Crippen LogP contribution in [-0.2, 0) is 6.54 Å². The third-order valence-electron chi connectivity index (χ3n) is 5.99. The topological polar surface area (TPSA) is 93.2 Å². The number of nitrogens with two attached hydrogens (primary N) is 1. The molecule has 0 amide bonds. The monoisotopic (exact) mass is 526 g/mol. The third-order valence-corrected chi connectivity index (χ3v) is 7.88. The number of aromatic nitrogens is 1. The summed E-state index contributed by atoms with van der Waals surface area (Å²) >= 11 is 3.85. The molecule has 2 aromatic carbocycles. The molecule has 0 atom stereocenters. The number of nitrogens with zero attached hydrogens (tertiary/aromatic N) is 3. The lowest BCUT2D eigenvalue weighted by atomic mass is 10.1. The SMILES string of the molecule is Cc1nc(-c2ccc(OCCCCCOc3ccc(C(N)=NO)cc3)cc2)c(CN2CCSCC2)s1. The highest BCUT2D eigenvalue weighted by atomic mass is 32.2. The zero-order chi connectivity index (χ0) is 25.2. The molecule has 0 spiro atoms. The molecule has 3 aromatic rings. The van der Waals surface area contributed by atoms with Gasteiger partial charge in [0.05, 0.1) is 23.9 Å². The van der Waals surface area contributed by atoms with Gasteiger partial charge in [-0.2, -0.15) is 11.8 Å². The van der Waals surface area contributed by atoms with Crippen LogP contribution in [0.2, 0.25) is 0 Å². The average molecular weight is 527 g/mol. The molecule has 1 saturated heterocycles. The Balaban J connectivity index is 1.16. The van der Waals surface area contributed by atoms with Gasteiger partial charge in [-0.15, -0.1) is 11.3 Å². The van der Waals surface area contributed by atoms with Crippen LogP contribution < -0.4 is 15.2 Å². The summed E-state index contributed by atoms with van der Waals surface area (Å²) in [5, 5.41) is 12.8. The van der Waals surface area contributed by atoms with Crippen LogP contribution >= 0.6 is 23.1 Å². The van der Waals surface area contributed by atoms with Gasteiger partial charge < -0.3 is 20.4 Å². The maximum absolute atomic E-state index is 8.71. The first-order valence-electron chi connectivity index (χ1n) is 12.3. The van der Waals surface area contributed by atoms with Gasteiger partial charge in [0, 0.05) is 47.1 Å². The van der Waals surface area contributed by atoms with E-state index in [0.717, 1.165) is 66.7 Å². The number of ether oxygens (including phenoxy) is 2. The molecule has 0 saturated carbocycles. The van der Waals surface area contributed by atoms with E-state index >= 15 is 0 Å². The van der Waals surface area contributed by atoms with Crippen molar-refractivity contribution in [3.05, 3.63) is 64.0 Å². The normalized spacial score (nSPS) is 14.6. The lowest BCUT2D eigenvalue weighted by molar-refractivity contribution is 0.279. The average Bonchev–Trinajstić information content (AvgIpc) is 3.28. The Hall–Kier alpha value is -2.75. The first-order chi connectivity index (χ1) is 17.6. The summed E-state index contributed by atoms with van der Waals surface area (Å²) in [5.41, 5.74) is 8.50. The molecule has 0 radical (unpaired) electrons. The Bertz CT molecular complexity index is 1110. The molecule has 9 heteroatoms. The standard InChI is InChI=1S/C27H34N4O3S2/c1-20-29-26(25(36-20)19-31-13-17-35-18-14-31)21-5-9-23(10-6-21)33-15-3-2-4-16-34-24-11-7-22(8-12-24)27(28)30-32/h5-12,32H,2-4,13-19H2,1H3,(H2,28,30). The fourth-order valence-electron chi connectivity index (χ4n) is 4.01. The van der Waals surface area contributed by atoms with Crippen molar-refractivity contribution in [2.75, 3.05) is 37.8 Å². The quantitative estimate of drug-likeness (QED) is 0.107. The number of thiazole rings is 1. The molecular formula is C27H34N4O3S2. The molecule has 192 valence electrons. The van der Waals surface area contributed by atoms with Crippen molar-refractivity contribution in [2.45, 2.75) is 32.7 Å². The van der Waals surface area contributed by atoms with E-state index in [2.05, 4.69) is 29.1 Å². The Labute approximate surface area is 221 Å². The second kappa shape index (κ2) is 13.5. The Kier molecular flexibility index (Phi) is 9.89. The van der Waals surface area contributed by atoms with Gasteiger partial charge in [0.25, 0.3) is 0 Å². The van der Waals surface area contributed by atoms with Crippen LogP contribution in [0.5, 0.6) is 11.5 Å². The lowest BCUT2D eigenvalue weighted by Gasteiger charge is -2.25. The minimum absolute atomic E-state index is 0.0892. The van der Waals surface area contributed by atoms with Crippen molar-refractivity contribution in [3.8, 4) is 22.8 Å². The fraction of sp³-hybridized carbons (Fsp3) is 0.407. The van der Waals surface area contributed by atoms with E-state index in [1.807, 2.05) is 47.4 Å². The van der Waals surface area contributed by atoms with E-state index in [1.165, 1.54) is 16.4 Å². The predicted octanol–water partition coefficient (Wildman–Crippen LogP) is 5.39. The van der Waals surface area contributed by atoms with Crippen molar-refractivity contribution in [1.82, 2.24) is 9.88 Å².